The molecule has 1 fully saturated rings. The summed E-state index contributed by atoms with van der Waals surface area (Å²) in [6.45, 7) is 3.21. The molecule has 1 N–H and O–H groups in total. The van der Waals surface area contributed by atoms with Crippen molar-refractivity contribution in [2.75, 3.05) is 44.9 Å². The van der Waals surface area contributed by atoms with E-state index in [0.717, 1.165) is 37.4 Å². The Morgan fingerprint density at radius 3 is 2.28 bits per heavy atom. The van der Waals surface area contributed by atoms with Crippen LogP contribution in [0.15, 0.2) is 42.5 Å². The van der Waals surface area contributed by atoms with E-state index in [1.807, 2.05) is 0 Å². The second-order valence-corrected chi connectivity index (χ2v) is 6.76. The van der Waals surface area contributed by atoms with Crippen molar-refractivity contribution >= 4 is 5.69 Å². The first-order valence-corrected chi connectivity index (χ1v) is 9.43. The fourth-order valence-corrected chi connectivity index (χ4v) is 3.10. The standard InChI is InChI=1S/C21H25F3N2O3/c1-27-20-12-17(4-7-19(20)29-15-21(22,23)24)14-25-13-16-2-5-18(6-3-16)26-8-10-28-11-9-26/h2-7,12,25H,8-11,13-15H2,1H3. The van der Waals surface area contributed by atoms with Gasteiger partial charge in [0.2, 0.25) is 0 Å². The Balaban J connectivity index is 1.50. The van der Waals surface area contributed by atoms with Crippen LogP contribution in [-0.2, 0) is 17.8 Å². The highest BCUT2D eigenvalue weighted by atomic mass is 19.4. The van der Waals surface area contributed by atoms with Crippen molar-refractivity contribution in [3.05, 3.63) is 53.6 Å². The molecular formula is C21H25F3N2O3. The van der Waals surface area contributed by atoms with Crippen LogP contribution in [0.25, 0.3) is 0 Å². The van der Waals surface area contributed by atoms with Crippen LogP contribution >= 0.6 is 0 Å². The summed E-state index contributed by atoms with van der Waals surface area (Å²) in [6, 6.07) is 13.3. The van der Waals surface area contributed by atoms with E-state index in [4.69, 9.17) is 14.2 Å². The monoisotopic (exact) mass is 410 g/mol. The summed E-state index contributed by atoms with van der Waals surface area (Å²) in [7, 11) is 1.41. The van der Waals surface area contributed by atoms with E-state index in [1.165, 1.54) is 18.9 Å². The van der Waals surface area contributed by atoms with Gasteiger partial charge in [-0.2, -0.15) is 13.2 Å². The number of hydrogen-bond donors (Lipinski definition) is 1. The van der Waals surface area contributed by atoms with Gasteiger partial charge in [-0.3, -0.25) is 0 Å². The number of methoxy groups -OCH3 is 1. The van der Waals surface area contributed by atoms with E-state index < -0.39 is 12.8 Å². The largest absolute Gasteiger partial charge is 0.493 e. The zero-order valence-electron chi connectivity index (χ0n) is 16.3. The van der Waals surface area contributed by atoms with Crippen LogP contribution in [-0.4, -0.2) is 46.2 Å². The maximum absolute atomic E-state index is 12.3. The molecule has 0 bridgehead atoms. The Bertz CT molecular complexity index is 776. The molecule has 0 spiro atoms. The Labute approximate surface area is 168 Å². The third-order valence-electron chi connectivity index (χ3n) is 4.59. The molecule has 2 aromatic carbocycles. The minimum atomic E-state index is -4.39. The van der Waals surface area contributed by atoms with E-state index >= 15 is 0 Å². The first-order chi connectivity index (χ1) is 13.9. The summed E-state index contributed by atoms with van der Waals surface area (Å²) in [5, 5.41) is 3.33. The molecule has 2 aromatic rings. The average molecular weight is 410 g/mol. The fourth-order valence-electron chi connectivity index (χ4n) is 3.10. The van der Waals surface area contributed by atoms with Gasteiger partial charge in [0, 0.05) is 31.9 Å². The lowest BCUT2D eigenvalue weighted by atomic mass is 10.1. The zero-order chi connectivity index (χ0) is 20.7. The predicted molar refractivity (Wildman–Crippen MR) is 105 cm³/mol. The van der Waals surface area contributed by atoms with E-state index in [-0.39, 0.29) is 11.5 Å². The minimum Gasteiger partial charge on any atom is -0.493 e. The summed E-state index contributed by atoms with van der Waals surface area (Å²) < 4.78 is 52.3. The van der Waals surface area contributed by atoms with Crippen LogP contribution in [0.4, 0.5) is 18.9 Å². The molecule has 5 nitrogen and oxygen atoms in total. The van der Waals surface area contributed by atoms with Gasteiger partial charge >= 0.3 is 6.18 Å². The first-order valence-electron chi connectivity index (χ1n) is 9.43. The first kappa shape index (κ1) is 21.3. The Morgan fingerprint density at radius 1 is 0.966 bits per heavy atom. The Morgan fingerprint density at radius 2 is 1.62 bits per heavy atom. The maximum atomic E-state index is 12.3. The Hall–Kier alpha value is -2.45. The summed E-state index contributed by atoms with van der Waals surface area (Å²) in [5.74, 6) is 0.357. The summed E-state index contributed by atoms with van der Waals surface area (Å²) in [6.07, 6.45) is -4.39. The Kier molecular flexibility index (Phi) is 7.22. The molecule has 3 rings (SSSR count). The van der Waals surface area contributed by atoms with Crippen LogP contribution in [0.1, 0.15) is 11.1 Å². The average Bonchev–Trinajstić information content (AvgIpc) is 2.73. The molecule has 8 heteroatoms. The molecule has 0 aliphatic carbocycles. The van der Waals surface area contributed by atoms with Crippen LogP contribution in [0.3, 0.4) is 0 Å². The molecule has 158 valence electrons. The van der Waals surface area contributed by atoms with E-state index in [1.54, 1.807) is 12.1 Å². The molecule has 0 amide bonds. The lowest BCUT2D eigenvalue weighted by Crippen LogP contribution is -2.36. The lowest BCUT2D eigenvalue weighted by molar-refractivity contribution is -0.153. The highest BCUT2D eigenvalue weighted by molar-refractivity contribution is 5.48. The van der Waals surface area contributed by atoms with Gasteiger partial charge in [-0.25, -0.2) is 0 Å². The molecule has 0 atom stereocenters. The molecule has 29 heavy (non-hydrogen) atoms. The number of rotatable bonds is 8. The maximum Gasteiger partial charge on any atom is 0.422 e. The lowest BCUT2D eigenvalue weighted by Gasteiger charge is -2.28. The second kappa shape index (κ2) is 9.84. The molecule has 1 saturated heterocycles. The van der Waals surface area contributed by atoms with Crippen molar-refractivity contribution in [3.63, 3.8) is 0 Å². The van der Waals surface area contributed by atoms with Gasteiger partial charge in [0.15, 0.2) is 18.1 Å². The number of ether oxygens (including phenoxy) is 3. The number of nitrogens with zero attached hydrogens (tertiary/aromatic N) is 1. The number of alkyl halides is 3. The predicted octanol–water partition coefficient (Wildman–Crippen LogP) is 3.76. The van der Waals surface area contributed by atoms with Gasteiger partial charge in [-0.15, -0.1) is 0 Å². The van der Waals surface area contributed by atoms with Gasteiger partial charge in [-0.1, -0.05) is 18.2 Å². The number of nitrogens with one attached hydrogen (secondary N) is 1. The quantitative estimate of drug-likeness (QED) is 0.718. The van der Waals surface area contributed by atoms with Gasteiger partial charge in [0.1, 0.15) is 0 Å². The van der Waals surface area contributed by atoms with Crippen LogP contribution in [0, 0.1) is 0 Å². The number of anilines is 1. The van der Waals surface area contributed by atoms with Crippen LogP contribution < -0.4 is 19.7 Å². The molecular weight excluding hydrogens is 385 g/mol. The van der Waals surface area contributed by atoms with Crippen molar-refractivity contribution in [2.24, 2.45) is 0 Å². The van der Waals surface area contributed by atoms with Crippen molar-refractivity contribution in [2.45, 2.75) is 19.3 Å². The number of halogens is 3. The molecule has 1 aliphatic heterocycles. The van der Waals surface area contributed by atoms with Gasteiger partial charge in [0.05, 0.1) is 20.3 Å². The second-order valence-electron chi connectivity index (χ2n) is 6.76. The van der Waals surface area contributed by atoms with Gasteiger partial charge < -0.3 is 24.4 Å². The van der Waals surface area contributed by atoms with Crippen molar-refractivity contribution < 1.29 is 27.4 Å². The molecule has 0 saturated carbocycles. The fraction of sp³-hybridized carbons (Fsp3) is 0.429. The third-order valence-corrected chi connectivity index (χ3v) is 4.59. The molecule has 0 unspecified atom stereocenters. The smallest absolute Gasteiger partial charge is 0.422 e. The third kappa shape index (κ3) is 6.54. The van der Waals surface area contributed by atoms with Crippen molar-refractivity contribution in [3.8, 4) is 11.5 Å². The number of benzene rings is 2. The highest BCUT2D eigenvalue weighted by Crippen LogP contribution is 2.29. The number of hydrogen-bond acceptors (Lipinski definition) is 5. The minimum absolute atomic E-state index is 0.0762. The normalized spacial score (nSPS) is 14.7. The van der Waals surface area contributed by atoms with Gasteiger partial charge in [-0.05, 0) is 35.4 Å². The van der Waals surface area contributed by atoms with Crippen molar-refractivity contribution in [1.82, 2.24) is 5.32 Å². The van der Waals surface area contributed by atoms with Gasteiger partial charge in [0.25, 0.3) is 0 Å². The molecule has 0 aromatic heterocycles. The number of morpholine rings is 1. The van der Waals surface area contributed by atoms with E-state index in [0.29, 0.717) is 13.1 Å². The molecule has 1 heterocycles. The van der Waals surface area contributed by atoms with E-state index in [2.05, 4.69) is 34.5 Å². The van der Waals surface area contributed by atoms with Crippen LogP contribution in [0.2, 0.25) is 0 Å². The molecule has 0 radical (unpaired) electrons. The molecule has 1 aliphatic rings. The highest BCUT2D eigenvalue weighted by Gasteiger charge is 2.29. The SMILES string of the molecule is COc1cc(CNCc2ccc(N3CCOCC3)cc2)ccc1OCC(F)(F)F. The van der Waals surface area contributed by atoms with Crippen LogP contribution in [0.5, 0.6) is 11.5 Å². The zero-order valence-corrected chi connectivity index (χ0v) is 16.3. The summed E-state index contributed by atoms with van der Waals surface area (Å²) >= 11 is 0. The topological polar surface area (TPSA) is 43.0 Å². The summed E-state index contributed by atoms with van der Waals surface area (Å²) in [5.41, 5.74) is 3.24. The summed E-state index contributed by atoms with van der Waals surface area (Å²) in [4.78, 5) is 2.30. The van der Waals surface area contributed by atoms with E-state index in [9.17, 15) is 13.2 Å². The van der Waals surface area contributed by atoms with Crippen molar-refractivity contribution in [1.29, 1.82) is 0 Å².